The summed E-state index contributed by atoms with van der Waals surface area (Å²) in [4.78, 5) is 22.6. The maximum Gasteiger partial charge on any atom is 0.322 e. The second kappa shape index (κ2) is 5.04. The van der Waals surface area contributed by atoms with Crippen LogP contribution in [0.25, 0.3) is 0 Å². The Morgan fingerprint density at radius 1 is 1.48 bits per heavy atom. The van der Waals surface area contributed by atoms with Gasteiger partial charge >= 0.3 is 5.69 Å². The topological polar surface area (TPSA) is 132 Å². The molecule has 0 fully saturated rings. The summed E-state index contributed by atoms with van der Waals surface area (Å²) in [5, 5.41) is 30.1. The molecular formula is C11H11N7O3. The number of aromatic nitrogens is 4. The SMILES string of the molecule is Cc1c([N+](=O)[O-])c(C(=O)Nc2c(C#N)cnn2C)nn1C. The Balaban J connectivity index is 2.43. The Morgan fingerprint density at radius 3 is 2.71 bits per heavy atom. The van der Waals surface area contributed by atoms with Crippen LogP contribution < -0.4 is 5.32 Å². The van der Waals surface area contributed by atoms with Gasteiger partial charge in [0.25, 0.3) is 5.91 Å². The van der Waals surface area contributed by atoms with Crippen LogP contribution in [-0.2, 0) is 14.1 Å². The molecule has 1 N–H and O–H groups in total. The highest BCUT2D eigenvalue weighted by molar-refractivity contribution is 6.05. The molecule has 10 nitrogen and oxygen atoms in total. The second-order valence-electron chi connectivity index (χ2n) is 4.26. The van der Waals surface area contributed by atoms with Crippen LogP contribution >= 0.6 is 0 Å². The molecule has 10 heteroatoms. The highest BCUT2D eigenvalue weighted by Gasteiger charge is 2.29. The first kappa shape index (κ1) is 14.2. The number of hydrogen-bond donors (Lipinski definition) is 1. The summed E-state index contributed by atoms with van der Waals surface area (Å²) in [5.74, 6) is -0.620. The lowest BCUT2D eigenvalue weighted by molar-refractivity contribution is -0.385. The highest BCUT2D eigenvalue weighted by Crippen LogP contribution is 2.23. The normalized spacial score (nSPS) is 10.2. The van der Waals surface area contributed by atoms with Crippen LogP contribution in [0.4, 0.5) is 11.5 Å². The van der Waals surface area contributed by atoms with Gasteiger partial charge in [0.15, 0.2) is 0 Å². The van der Waals surface area contributed by atoms with Crippen LogP contribution in [-0.4, -0.2) is 30.4 Å². The zero-order valence-corrected chi connectivity index (χ0v) is 11.5. The zero-order chi connectivity index (χ0) is 15.7. The lowest BCUT2D eigenvalue weighted by atomic mass is 10.3. The fraction of sp³-hybridized carbons (Fsp3) is 0.273. The minimum Gasteiger partial charge on any atom is -0.304 e. The van der Waals surface area contributed by atoms with Crippen molar-refractivity contribution in [3.8, 4) is 6.07 Å². The van der Waals surface area contributed by atoms with Gasteiger partial charge < -0.3 is 5.32 Å². The number of nitrogens with zero attached hydrogens (tertiary/aromatic N) is 6. The number of hydrogen-bond acceptors (Lipinski definition) is 6. The molecule has 0 spiro atoms. The van der Waals surface area contributed by atoms with E-state index in [9.17, 15) is 14.9 Å². The molecule has 0 aliphatic rings. The second-order valence-corrected chi connectivity index (χ2v) is 4.26. The van der Waals surface area contributed by atoms with E-state index in [1.807, 2.05) is 6.07 Å². The first-order valence-corrected chi connectivity index (χ1v) is 5.78. The van der Waals surface area contributed by atoms with Crippen molar-refractivity contribution < 1.29 is 9.72 Å². The van der Waals surface area contributed by atoms with Gasteiger partial charge in [-0.1, -0.05) is 0 Å². The summed E-state index contributed by atoms with van der Waals surface area (Å²) < 4.78 is 2.54. The number of carbonyl (C=O) groups excluding carboxylic acids is 1. The molecule has 0 saturated heterocycles. The van der Waals surface area contributed by atoms with E-state index < -0.39 is 10.8 Å². The Kier molecular flexibility index (Phi) is 3.41. The van der Waals surface area contributed by atoms with E-state index in [2.05, 4.69) is 15.5 Å². The van der Waals surface area contributed by atoms with Crippen LogP contribution in [0.15, 0.2) is 6.20 Å². The van der Waals surface area contributed by atoms with E-state index in [0.717, 1.165) is 0 Å². The summed E-state index contributed by atoms with van der Waals surface area (Å²) in [6, 6.07) is 1.87. The zero-order valence-electron chi connectivity index (χ0n) is 11.5. The first-order valence-electron chi connectivity index (χ1n) is 5.78. The Bertz CT molecular complexity index is 781. The van der Waals surface area contributed by atoms with E-state index >= 15 is 0 Å². The molecule has 0 unspecified atom stereocenters. The number of nitriles is 1. The predicted molar refractivity (Wildman–Crippen MR) is 70.5 cm³/mol. The molecular weight excluding hydrogens is 278 g/mol. The number of nitro groups is 1. The van der Waals surface area contributed by atoms with Crippen molar-refractivity contribution in [1.29, 1.82) is 5.26 Å². The van der Waals surface area contributed by atoms with Crippen molar-refractivity contribution in [1.82, 2.24) is 19.6 Å². The van der Waals surface area contributed by atoms with Gasteiger partial charge in [-0.15, -0.1) is 0 Å². The van der Waals surface area contributed by atoms with Gasteiger partial charge in [-0.2, -0.15) is 15.5 Å². The van der Waals surface area contributed by atoms with Crippen molar-refractivity contribution in [2.24, 2.45) is 14.1 Å². The Hall–Kier alpha value is -3.22. The van der Waals surface area contributed by atoms with Crippen LogP contribution in [0.1, 0.15) is 21.7 Å². The first-order chi connectivity index (χ1) is 9.86. The summed E-state index contributed by atoms with van der Waals surface area (Å²) in [7, 11) is 3.04. The molecule has 1 amide bonds. The minimum atomic E-state index is -0.773. The van der Waals surface area contributed by atoms with Crippen molar-refractivity contribution in [2.75, 3.05) is 5.32 Å². The average Bonchev–Trinajstić information content (AvgIpc) is 2.92. The molecule has 2 aromatic rings. The third-order valence-electron chi connectivity index (χ3n) is 2.99. The summed E-state index contributed by atoms with van der Waals surface area (Å²) >= 11 is 0. The number of rotatable bonds is 3. The average molecular weight is 289 g/mol. The number of carbonyl (C=O) groups is 1. The molecule has 0 aromatic carbocycles. The van der Waals surface area contributed by atoms with E-state index in [1.54, 1.807) is 0 Å². The van der Waals surface area contributed by atoms with Crippen molar-refractivity contribution in [3.63, 3.8) is 0 Å². The minimum absolute atomic E-state index is 0.153. The van der Waals surface area contributed by atoms with Gasteiger partial charge in [-0.25, -0.2) is 0 Å². The third-order valence-corrected chi connectivity index (χ3v) is 2.99. The van der Waals surface area contributed by atoms with E-state index in [4.69, 9.17) is 5.26 Å². The van der Waals surface area contributed by atoms with Crippen LogP contribution in [0.5, 0.6) is 0 Å². The maximum atomic E-state index is 12.2. The predicted octanol–water partition coefficient (Wildman–Crippen LogP) is 0.494. The fourth-order valence-corrected chi connectivity index (χ4v) is 1.80. The molecule has 108 valence electrons. The molecule has 21 heavy (non-hydrogen) atoms. The number of amides is 1. The Labute approximate surface area is 118 Å². The standard InChI is InChI=1S/C11H11N7O3/c1-6-9(18(20)21)8(15-16(6)2)11(19)14-10-7(4-12)5-13-17(10)3/h5H,1-3H3,(H,14,19). The molecule has 0 saturated carbocycles. The van der Waals surface area contributed by atoms with Gasteiger partial charge in [0.2, 0.25) is 5.69 Å². The van der Waals surface area contributed by atoms with E-state index in [1.165, 1.54) is 36.6 Å². The third kappa shape index (κ3) is 2.32. The van der Waals surface area contributed by atoms with E-state index in [-0.39, 0.29) is 28.5 Å². The van der Waals surface area contributed by atoms with Crippen molar-refractivity contribution >= 4 is 17.4 Å². The lowest BCUT2D eigenvalue weighted by Gasteiger charge is -2.03. The molecule has 2 aromatic heterocycles. The highest BCUT2D eigenvalue weighted by atomic mass is 16.6. The van der Waals surface area contributed by atoms with Gasteiger partial charge in [-0.3, -0.25) is 24.3 Å². The van der Waals surface area contributed by atoms with E-state index in [0.29, 0.717) is 0 Å². The van der Waals surface area contributed by atoms with Gasteiger partial charge in [0.05, 0.1) is 11.1 Å². The molecule has 0 atom stereocenters. The van der Waals surface area contributed by atoms with Crippen molar-refractivity contribution in [2.45, 2.75) is 6.92 Å². The molecule has 0 aliphatic carbocycles. The van der Waals surface area contributed by atoms with Gasteiger partial charge in [-0.05, 0) is 6.92 Å². The molecule has 0 bridgehead atoms. The molecule has 2 rings (SSSR count). The van der Waals surface area contributed by atoms with Gasteiger partial charge in [0.1, 0.15) is 23.1 Å². The van der Waals surface area contributed by atoms with Crippen LogP contribution in [0.2, 0.25) is 0 Å². The van der Waals surface area contributed by atoms with Gasteiger partial charge in [0, 0.05) is 14.1 Å². The van der Waals surface area contributed by atoms with Crippen LogP contribution in [0, 0.1) is 28.4 Å². The number of aryl methyl sites for hydroxylation is 2. The largest absolute Gasteiger partial charge is 0.322 e. The Morgan fingerprint density at radius 2 is 2.14 bits per heavy atom. The quantitative estimate of drug-likeness (QED) is 0.646. The smallest absolute Gasteiger partial charge is 0.304 e. The number of nitrogens with one attached hydrogen (secondary N) is 1. The summed E-state index contributed by atoms with van der Waals surface area (Å²) in [6.45, 7) is 1.49. The van der Waals surface area contributed by atoms with Crippen molar-refractivity contribution in [3.05, 3.63) is 33.3 Å². The lowest BCUT2D eigenvalue weighted by Crippen LogP contribution is -2.17. The maximum absolute atomic E-state index is 12.2. The molecule has 0 radical (unpaired) electrons. The summed E-state index contributed by atoms with van der Waals surface area (Å²) in [5.41, 5.74) is -0.266. The molecule has 0 aliphatic heterocycles. The number of anilines is 1. The molecule has 2 heterocycles. The fourth-order valence-electron chi connectivity index (χ4n) is 1.80. The summed E-state index contributed by atoms with van der Waals surface area (Å²) in [6.07, 6.45) is 1.29. The van der Waals surface area contributed by atoms with Crippen LogP contribution in [0.3, 0.4) is 0 Å². The monoisotopic (exact) mass is 289 g/mol.